The van der Waals surface area contributed by atoms with E-state index in [-0.39, 0.29) is 6.04 Å². The van der Waals surface area contributed by atoms with Crippen molar-refractivity contribution in [3.8, 4) is 0 Å². The molecule has 0 amide bonds. The molecule has 1 fully saturated rings. The Labute approximate surface area is 103 Å². The Morgan fingerprint density at radius 1 is 1.35 bits per heavy atom. The lowest BCUT2D eigenvalue weighted by Crippen LogP contribution is -2.21. The molecule has 0 aromatic carbocycles. The van der Waals surface area contributed by atoms with Crippen molar-refractivity contribution in [2.45, 2.75) is 64.3 Å². The van der Waals surface area contributed by atoms with E-state index in [0.29, 0.717) is 18.2 Å². The summed E-state index contributed by atoms with van der Waals surface area (Å²) in [6.45, 7) is 4.39. The summed E-state index contributed by atoms with van der Waals surface area (Å²) < 4.78 is 5.28. The van der Waals surface area contributed by atoms with Gasteiger partial charge in [-0.05, 0) is 25.2 Å². The standard InChI is InChI=1S/C13H23N3O/c1-3-11(14)8-12-15-13(16-17-12)10-6-4-9(2)5-7-10/h9-11H,3-8,14H2,1-2H3. The number of rotatable bonds is 4. The lowest BCUT2D eigenvalue weighted by atomic mass is 9.83. The van der Waals surface area contributed by atoms with Gasteiger partial charge in [0.2, 0.25) is 5.89 Å². The molecule has 0 radical (unpaired) electrons. The van der Waals surface area contributed by atoms with Crippen molar-refractivity contribution in [2.24, 2.45) is 11.7 Å². The molecular formula is C13H23N3O. The van der Waals surface area contributed by atoms with Gasteiger partial charge in [-0.1, -0.05) is 31.8 Å². The van der Waals surface area contributed by atoms with Crippen LogP contribution in [-0.4, -0.2) is 16.2 Å². The summed E-state index contributed by atoms with van der Waals surface area (Å²) in [6.07, 6.45) is 6.59. The van der Waals surface area contributed by atoms with E-state index in [4.69, 9.17) is 10.3 Å². The molecule has 0 aliphatic heterocycles. The maximum Gasteiger partial charge on any atom is 0.228 e. The Bertz CT molecular complexity index is 342. The van der Waals surface area contributed by atoms with Crippen LogP contribution in [0.2, 0.25) is 0 Å². The van der Waals surface area contributed by atoms with Crippen LogP contribution in [0.15, 0.2) is 4.52 Å². The first kappa shape index (κ1) is 12.6. The Morgan fingerprint density at radius 3 is 2.71 bits per heavy atom. The maximum absolute atomic E-state index is 5.88. The lowest BCUT2D eigenvalue weighted by Gasteiger charge is -2.23. The fourth-order valence-corrected chi connectivity index (χ4v) is 2.40. The minimum Gasteiger partial charge on any atom is -0.339 e. The third-order valence-electron chi connectivity index (χ3n) is 3.83. The van der Waals surface area contributed by atoms with Crippen LogP contribution in [0.3, 0.4) is 0 Å². The van der Waals surface area contributed by atoms with Gasteiger partial charge in [0.05, 0.1) is 0 Å². The molecule has 1 aromatic heterocycles. The van der Waals surface area contributed by atoms with Crippen LogP contribution in [0.5, 0.6) is 0 Å². The first-order valence-corrected chi connectivity index (χ1v) is 6.77. The van der Waals surface area contributed by atoms with Gasteiger partial charge in [0.25, 0.3) is 0 Å². The summed E-state index contributed by atoms with van der Waals surface area (Å²) in [5.41, 5.74) is 5.88. The highest BCUT2D eigenvalue weighted by Gasteiger charge is 2.24. The molecular weight excluding hydrogens is 214 g/mol. The maximum atomic E-state index is 5.88. The zero-order chi connectivity index (χ0) is 12.3. The van der Waals surface area contributed by atoms with Gasteiger partial charge in [-0.25, -0.2) is 0 Å². The summed E-state index contributed by atoms with van der Waals surface area (Å²) >= 11 is 0. The average molecular weight is 237 g/mol. The molecule has 2 N–H and O–H groups in total. The molecule has 0 spiro atoms. The number of nitrogens with zero attached hydrogens (tertiary/aromatic N) is 2. The van der Waals surface area contributed by atoms with E-state index in [2.05, 4.69) is 24.0 Å². The topological polar surface area (TPSA) is 64.9 Å². The van der Waals surface area contributed by atoms with Gasteiger partial charge in [0.1, 0.15) is 0 Å². The van der Waals surface area contributed by atoms with Crippen molar-refractivity contribution >= 4 is 0 Å². The predicted molar refractivity (Wildman–Crippen MR) is 66.6 cm³/mol. The first-order chi connectivity index (χ1) is 8.19. The number of hydrogen-bond donors (Lipinski definition) is 1. The molecule has 96 valence electrons. The first-order valence-electron chi connectivity index (χ1n) is 6.77. The Hall–Kier alpha value is -0.900. The van der Waals surface area contributed by atoms with Crippen molar-refractivity contribution in [3.63, 3.8) is 0 Å². The van der Waals surface area contributed by atoms with Crippen LogP contribution >= 0.6 is 0 Å². The second-order valence-electron chi connectivity index (χ2n) is 5.38. The smallest absolute Gasteiger partial charge is 0.228 e. The van der Waals surface area contributed by atoms with Crippen LogP contribution in [0.25, 0.3) is 0 Å². The van der Waals surface area contributed by atoms with Gasteiger partial charge >= 0.3 is 0 Å². The second kappa shape index (κ2) is 5.63. The quantitative estimate of drug-likeness (QED) is 0.874. The second-order valence-corrected chi connectivity index (χ2v) is 5.38. The van der Waals surface area contributed by atoms with Crippen LogP contribution < -0.4 is 5.73 Å². The highest BCUT2D eigenvalue weighted by atomic mass is 16.5. The molecule has 1 aromatic rings. The lowest BCUT2D eigenvalue weighted by molar-refractivity contribution is 0.322. The molecule has 1 aliphatic carbocycles. The summed E-state index contributed by atoms with van der Waals surface area (Å²) in [7, 11) is 0. The normalized spacial score (nSPS) is 27.0. The van der Waals surface area contributed by atoms with Crippen LogP contribution in [0, 0.1) is 5.92 Å². The highest BCUT2D eigenvalue weighted by molar-refractivity contribution is 4.98. The highest BCUT2D eigenvalue weighted by Crippen LogP contribution is 2.34. The van der Waals surface area contributed by atoms with E-state index in [1.54, 1.807) is 0 Å². The van der Waals surface area contributed by atoms with E-state index in [9.17, 15) is 0 Å². The van der Waals surface area contributed by atoms with Gasteiger partial charge in [0, 0.05) is 18.4 Å². The molecule has 0 saturated heterocycles. The monoisotopic (exact) mass is 237 g/mol. The third kappa shape index (κ3) is 3.28. The van der Waals surface area contributed by atoms with Gasteiger partial charge in [-0.2, -0.15) is 4.98 Å². The molecule has 17 heavy (non-hydrogen) atoms. The summed E-state index contributed by atoms with van der Waals surface area (Å²) in [5.74, 6) is 2.95. The third-order valence-corrected chi connectivity index (χ3v) is 3.83. The SMILES string of the molecule is CCC(N)Cc1nc(C2CCC(C)CC2)no1. The summed E-state index contributed by atoms with van der Waals surface area (Å²) in [6, 6.07) is 0.134. The van der Waals surface area contributed by atoms with Crippen molar-refractivity contribution in [2.75, 3.05) is 0 Å². The molecule has 1 unspecified atom stereocenters. The summed E-state index contributed by atoms with van der Waals surface area (Å²) in [4.78, 5) is 4.49. The molecule has 1 atom stereocenters. The van der Waals surface area contributed by atoms with Crippen molar-refractivity contribution in [1.29, 1.82) is 0 Å². The number of nitrogens with two attached hydrogens (primary N) is 1. The van der Waals surface area contributed by atoms with Crippen LogP contribution in [0.4, 0.5) is 0 Å². The minimum atomic E-state index is 0.134. The number of aromatic nitrogens is 2. The van der Waals surface area contributed by atoms with E-state index >= 15 is 0 Å². The van der Waals surface area contributed by atoms with E-state index in [0.717, 1.165) is 18.2 Å². The molecule has 2 rings (SSSR count). The van der Waals surface area contributed by atoms with Gasteiger partial charge in [-0.3, -0.25) is 0 Å². The van der Waals surface area contributed by atoms with Gasteiger partial charge in [0.15, 0.2) is 5.82 Å². The molecule has 1 heterocycles. The van der Waals surface area contributed by atoms with Crippen LogP contribution in [0.1, 0.15) is 63.6 Å². The predicted octanol–water partition coefficient (Wildman–Crippen LogP) is 2.64. The van der Waals surface area contributed by atoms with E-state index in [1.807, 2.05) is 0 Å². The van der Waals surface area contributed by atoms with E-state index < -0.39 is 0 Å². The Kier molecular flexibility index (Phi) is 4.15. The molecule has 4 nitrogen and oxygen atoms in total. The number of hydrogen-bond acceptors (Lipinski definition) is 4. The fraction of sp³-hybridized carbons (Fsp3) is 0.846. The zero-order valence-electron chi connectivity index (χ0n) is 10.9. The molecule has 1 aliphatic rings. The van der Waals surface area contributed by atoms with E-state index in [1.165, 1.54) is 25.7 Å². The molecule has 0 bridgehead atoms. The summed E-state index contributed by atoms with van der Waals surface area (Å²) in [5, 5.41) is 4.11. The van der Waals surface area contributed by atoms with Crippen LogP contribution in [-0.2, 0) is 6.42 Å². The van der Waals surface area contributed by atoms with Crippen molar-refractivity contribution in [3.05, 3.63) is 11.7 Å². The Morgan fingerprint density at radius 2 is 2.06 bits per heavy atom. The minimum absolute atomic E-state index is 0.134. The van der Waals surface area contributed by atoms with Gasteiger partial charge in [-0.15, -0.1) is 0 Å². The fourth-order valence-electron chi connectivity index (χ4n) is 2.40. The molecule has 4 heteroatoms. The molecule has 1 saturated carbocycles. The Balaban J connectivity index is 1.93. The van der Waals surface area contributed by atoms with Crippen molar-refractivity contribution < 1.29 is 4.52 Å². The average Bonchev–Trinajstić information content (AvgIpc) is 2.78. The zero-order valence-corrected chi connectivity index (χ0v) is 10.9. The van der Waals surface area contributed by atoms with Gasteiger partial charge < -0.3 is 10.3 Å². The largest absolute Gasteiger partial charge is 0.339 e. The van der Waals surface area contributed by atoms with Crippen molar-refractivity contribution in [1.82, 2.24) is 10.1 Å².